The van der Waals surface area contributed by atoms with Gasteiger partial charge in [-0.15, -0.1) is 0 Å². The molecule has 64 valence electrons. The van der Waals surface area contributed by atoms with Crippen LogP contribution in [0, 0.1) is 23.2 Å². The molecule has 0 aromatic carbocycles. The van der Waals surface area contributed by atoms with Crippen molar-refractivity contribution in [1.29, 1.82) is 0 Å². The Labute approximate surface area is 69.4 Å². The minimum absolute atomic E-state index is 0.490. The van der Waals surface area contributed by atoms with Crippen LogP contribution < -0.4 is 5.73 Å². The van der Waals surface area contributed by atoms with Crippen LogP contribution in [0.5, 0.6) is 0 Å². The van der Waals surface area contributed by atoms with Gasteiger partial charge in [-0.25, -0.2) is 0 Å². The van der Waals surface area contributed by atoms with Gasteiger partial charge < -0.3 is 5.73 Å². The molecule has 2 aliphatic carbocycles. The van der Waals surface area contributed by atoms with Gasteiger partial charge in [0.15, 0.2) is 0 Å². The van der Waals surface area contributed by atoms with E-state index in [0.29, 0.717) is 11.5 Å². The standard InChI is InChI=1S/C10H19N/c1-6-7-4-5-8(9(6)11)10(7,2)3/h6-9H,4-5,11H2,1-3H3. The summed E-state index contributed by atoms with van der Waals surface area (Å²) in [6, 6.07) is 0.490. The molecule has 4 unspecified atom stereocenters. The van der Waals surface area contributed by atoms with Crippen molar-refractivity contribution in [3.05, 3.63) is 0 Å². The van der Waals surface area contributed by atoms with E-state index in [0.717, 1.165) is 17.8 Å². The summed E-state index contributed by atoms with van der Waals surface area (Å²) in [6.45, 7) is 7.13. The number of hydrogen-bond acceptors (Lipinski definition) is 1. The Kier molecular flexibility index (Phi) is 1.39. The molecule has 0 heterocycles. The maximum Gasteiger partial charge on any atom is 0.0101 e. The first kappa shape index (κ1) is 7.60. The molecule has 0 saturated heterocycles. The fourth-order valence-corrected chi connectivity index (χ4v) is 3.64. The summed E-state index contributed by atoms with van der Waals surface area (Å²) in [5.74, 6) is 2.48. The molecule has 1 nitrogen and oxygen atoms in total. The van der Waals surface area contributed by atoms with Crippen molar-refractivity contribution in [1.82, 2.24) is 0 Å². The van der Waals surface area contributed by atoms with Crippen LogP contribution >= 0.6 is 0 Å². The predicted molar refractivity (Wildman–Crippen MR) is 47.1 cm³/mol. The molecule has 2 N–H and O–H groups in total. The van der Waals surface area contributed by atoms with E-state index in [2.05, 4.69) is 20.8 Å². The van der Waals surface area contributed by atoms with Crippen molar-refractivity contribution >= 4 is 0 Å². The largest absolute Gasteiger partial charge is 0.327 e. The second-order valence-corrected chi connectivity index (χ2v) is 5.05. The van der Waals surface area contributed by atoms with E-state index in [9.17, 15) is 0 Å². The van der Waals surface area contributed by atoms with Crippen LogP contribution in [-0.2, 0) is 0 Å². The summed E-state index contributed by atoms with van der Waals surface area (Å²) in [7, 11) is 0. The maximum atomic E-state index is 6.14. The Bertz CT molecular complexity index is 156. The minimum atomic E-state index is 0.490. The molecule has 2 saturated carbocycles. The Hall–Kier alpha value is -0.0400. The van der Waals surface area contributed by atoms with Gasteiger partial charge in [-0.1, -0.05) is 20.8 Å². The van der Waals surface area contributed by atoms with E-state index in [4.69, 9.17) is 5.73 Å². The summed E-state index contributed by atoms with van der Waals surface area (Å²) in [5, 5.41) is 0. The van der Waals surface area contributed by atoms with E-state index in [1.807, 2.05) is 0 Å². The molecule has 1 heteroatoms. The minimum Gasteiger partial charge on any atom is -0.327 e. The number of rotatable bonds is 0. The predicted octanol–water partition coefficient (Wildman–Crippen LogP) is 2.02. The zero-order valence-electron chi connectivity index (χ0n) is 7.80. The highest BCUT2D eigenvalue weighted by Crippen LogP contribution is 2.59. The number of hydrogen-bond donors (Lipinski definition) is 1. The topological polar surface area (TPSA) is 26.0 Å². The van der Waals surface area contributed by atoms with Crippen LogP contribution in [0.2, 0.25) is 0 Å². The lowest BCUT2D eigenvalue weighted by molar-refractivity contribution is 0.241. The van der Waals surface area contributed by atoms with Crippen LogP contribution in [-0.4, -0.2) is 6.04 Å². The van der Waals surface area contributed by atoms with Crippen molar-refractivity contribution < 1.29 is 0 Å². The Morgan fingerprint density at radius 3 is 2.00 bits per heavy atom. The first-order valence-electron chi connectivity index (χ1n) is 4.80. The monoisotopic (exact) mass is 153 g/mol. The van der Waals surface area contributed by atoms with Crippen molar-refractivity contribution in [3.8, 4) is 0 Å². The molecular formula is C10H19N. The van der Waals surface area contributed by atoms with Crippen molar-refractivity contribution in [2.45, 2.75) is 39.7 Å². The van der Waals surface area contributed by atoms with Gasteiger partial charge in [-0.3, -0.25) is 0 Å². The molecule has 2 rings (SSSR count). The molecule has 11 heavy (non-hydrogen) atoms. The fraction of sp³-hybridized carbons (Fsp3) is 1.00. The lowest BCUT2D eigenvalue weighted by Gasteiger charge is -2.24. The number of fused-ring (bicyclic) bond motifs is 2. The van der Waals surface area contributed by atoms with Gasteiger partial charge in [0, 0.05) is 6.04 Å². The highest BCUT2D eigenvalue weighted by atomic mass is 14.8. The summed E-state index contributed by atoms with van der Waals surface area (Å²) in [4.78, 5) is 0. The van der Waals surface area contributed by atoms with Crippen LogP contribution in [0.1, 0.15) is 33.6 Å². The van der Waals surface area contributed by atoms with Gasteiger partial charge in [0.2, 0.25) is 0 Å². The molecular weight excluding hydrogens is 134 g/mol. The Morgan fingerprint density at radius 1 is 1.18 bits per heavy atom. The average Bonchev–Trinajstić information content (AvgIpc) is 2.27. The average molecular weight is 153 g/mol. The number of nitrogens with two attached hydrogens (primary N) is 1. The fourth-order valence-electron chi connectivity index (χ4n) is 3.64. The third-order valence-electron chi connectivity index (χ3n) is 4.41. The van der Waals surface area contributed by atoms with Crippen molar-refractivity contribution in [2.75, 3.05) is 0 Å². The van der Waals surface area contributed by atoms with E-state index >= 15 is 0 Å². The zero-order chi connectivity index (χ0) is 8.22. The quantitative estimate of drug-likeness (QED) is 0.566. The van der Waals surface area contributed by atoms with E-state index in [1.165, 1.54) is 12.8 Å². The highest BCUT2D eigenvalue weighted by Gasteiger charge is 2.55. The maximum absolute atomic E-state index is 6.14. The van der Waals surface area contributed by atoms with Gasteiger partial charge in [-0.05, 0) is 36.0 Å². The first-order chi connectivity index (χ1) is 5.05. The summed E-state index contributed by atoms with van der Waals surface area (Å²) in [5.41, 5.74) is 6.68. The van der Waals surface area contributed by atoms with Crippen molar-refractivity contribution in [3.63, 3.8) is 0 Å². The summed E-state index contributed by atoms with van der Waals surface area (Å²) in [6.07, 6.45) is 2.80. The van der Waals surface area contributed by atoms with Crippen LogP contribution in [0.4, 0.5) is 0 Å². The molecule has 4 atom stereocenters. The molecule has 2 aliphatic rings. The normalized spacial score (nSPS) is 53.5. The Balaban J connectivity index is 2.31. The van der Waals surface area contributed by atoms with E-state index < -0.39 is 0 Å². The van der Waals surface area contributed by atoms with E-state index in [-0.39, 0.29) is 0 Å². The lowest BCUT2D eigenvalue weighted by atomic mass is 9.80. The van der Waals surface area contributed by atoms with Gasteiger partial charge in [-0.2, -0.15) is 0 Å². The third kappa shape index (κ3) is 0.752. The van der Waals surface area contributed by atoms with Crippen LogP contribution in [0.25, 0.3) is 0 Å². The second kappa shape index (κ2) is 2.01. The highest BCUT2D eigenvalue weighted by molar-refractivity contribution is 5.07. The van der Waals surface area contributed by atoms with Crippen LogP contribution in [0.3, 0.4) is 0 Å². The van der Waals surface area contributed by atoms with Gasteiger partial charge in [0.1, 0.15) is 0 Å². The first-order valence-corrected chi connectivity index (χ1v) is 4.80. The van der Waals surface area contributed by atoms with Crippen LogP contribution in [0.15, 0.2) is 0 Å². The van der Waals surface area contributed by atoms with Crippen molar-refractivity contribution in [2.24, 2.45) is 28.9 Å². The summed E-state index contributed by atoms with van der Waals surface area (Å²) < 4.78 is 0. The lowest BCUT2D eigenvalue weighted by Crippen LogP contribution is -2.34. The molecule has 0 spiro atoms. The molecule has 0 aromatic heterocycles. The molecule has 0 aliphatic heterocycles. The van der Waals surface area contributed by atoms with Gasteiger partial charge in [0.25, 0.3) is 0 Å². The molecule has 0 amide bonds. The van der Waals surface area contributed by atoms with E-state index in [1.54, 1.807) is 0 Å². The summed E-state index contributed by atoms with van der Waals surface area (Å²) >= 11 is 0. The second-order valence-electron chi connectivity index (χ2n) is 5.05. The zero-order valence-corrected chi connectivity index (χ0v) is 7.80. The molecule has 0 aromatic rings. The Morgan fingerprint density at radius 2 is 1.73 bits per heavy atom. The third-order valence-corrected chi connectivity index (χ3v) is 4.41. The smallest absolute Gasteiger partial charge is 0.0101 e. The molecule has 2 fully saturated rings. The molecule has 0 radical (unpaired) electrons. The molecule has 2 bridgehead atoms. The SMILES string of the molecule is CC1C(N)C2CCC1C2(C)C. The van der Waals surface area contributed by atoms with Gasteiger partial charge in [0.05, 0.1) is 0 Å². The van der Waals surface area contributed by atoms with Gasteiger partial charge >= 0.3 is 0 Å².